The third-order valence-electron chi connectivity index (χ3n) is 4.90. The topological polar surface area (TPSA) is 65.0 Å². The molecular formula is C20H26N2O3. The maximum atomic E-state index is 11.0. The van der Waals surface area contributed by atoms with Crippen molar-refractivity contribution < 1.29 is 14.9 Å². The average molecular weight is 342 g/mol. The normalized spacial score (nSPS) is 19.7. The molecular weight excluding hydrogens is 316 g/mol. The fourth-order valence-electron chi connectivity index (χ4n) is 3.66. The zero-order valence-electron chi connectivity index (χ0n) is 14.7. The highest BCUT2D eigenvalue weighted by Gasteiger charge is 2.50. The Hall–Kier alpha value is -1.92. The van der Waals surface area contributed by atoms with E-state index in [0.29, 0.717) is 13.0 Å². The van der Waals surface area contributed by atoms with Gasteiger partial charge < -0.3 is 25.2 Å². The minimum Gasteiger partial charge on any atom is -0.380 e. The van der Waals surface area contributed by atoms with Crippen LogP contribution in [-0.4, -0.2) is 49.5 Å². The lowest BCUT2D eigenvalue weighted by Gasteiger charge is -2.35. The Kier molecular flexibility index (Phi) is 5.39. The molecule has 3 N–H and O–H groups in total. The minimum atomic E-state index is -1.97. The molecule has 2 aromatic carbocycles. The second kappa shape index (κ2) is 7.54. The van der Waals surface area contributed by atoms with Crippen LogP contribution in [0.1, 0.15) is 23.5 Å². The quantitative estimate of drug-likeness (QED) is 0.671. The molecule has 1 aliphatic rings. The number of rotatable bonds is 7. The summed E-state index contributed by atoms with van der Waals surface area (Å²) in [6.45, 7) is 1.21. The van der Waals surface area contributed by atoms with Gasteiger partial charge in [0.2, 0.25) is 0 Å². The van der Waals surface area contributed by atoms with E-state index in [4.69, 9.17) is 4.74 Å². The number of nitrogens with zero attached hydrogens (tertiary/aromatic N) is 1. The second-order valence-electron chi connectivity index (χ2n) is 6.45. The molecule has 1 unspecified atom stereocenters. The summed E-state index contributed by atoms with van der Waals surface area (Å²) < 4.78 is 5.47. The van der Waals surface area contributed by atoms with Crippen molar-refractivity contribution in [1.82, 2.24) is 5.32 Å². The van der Waals surface area contributed by atoms with Gasteiger partial charge >= 0.3 is 0 Å². The van der Waals surface area contributed by atoms with E-state index < -0.39 is 11.8 Å². The van der Waals surface area contributed by atoms with Gasteiger partial charge in [0.1, 0.15) is 0 Å². The Morgan fingerprint density at radius 2 is 1.80 bits per heavy atom. The lowest BCUT2D eigenvalue weighted by Crippen LogP contribution is -2.50. The van der Waals surface area contributed by atoms with Gasteiger partial charge in [-0.2, -0.15) is 0 Å². The molecule has 0 aromatic heterocycles. The Balaban J connectivity index is 1.92. The van der Waals surface area contributed by atoms with Crippen molar-refractivity contribution in [3.05, 3.63) is 65.7 Å². The minimum absolute atomic E-state index is 0.0173. The molecule has 0 aliphatic carbocycles. The zero-order chi connectivity index (χ0) is 17.9. The van der Waals surface area contributed by atoms with Crippen LogP contribution < -0.4 is 10.2 Å². The van der Waals surface area contributed by atoms with Crippen LogP contribution >= 0.6 is 0 Å². The molecule has 0 spiro atoms. The zero-order valence-corrected chi connectivity index (χ0v) is 14.7. The molecule has 1 heterocycles. The molecule has 2 aromatic rings. The lowest BCUT2D eigenvalue weighted by molar-refractivity contribution is -0.164. The van der Waals surface area contributed by atoms with E-state index in [1.807, 2.05) is 61.6 Å². The number of fused-ring (bicyclic) bond motifs is 1. The van der Waals surface area contributed by atoms with Gasteiger partial charge in [-0.15, -0.1) is 0 Å². The first-order chi connectivity index (χ1) is 12.1. The Labute approximate surface area is 148 Å². The first-order valence-electron chi connectivity index (χ1n) is 8.63. The van der Waals surface area contributed by atoms with E-state index in [1.165, 1.54) is 0 Å². The summed E-state index contributed by atoms with van der Waals surface area (Å²) in [6, 6.07) is 17.4. The van der Waals surface area contributed by atoms with Crippen molar-refractivity contribution in [3.63, 3.8) is 0 Å². The fourth-order valence-corrected chi connectivity index (χ4v) is 3.66. The lowest BCUT2D eigenvalue weighted by atomic mass is 9.90. The molecule has 25 heavy (non-hydrogen) atoms. The van der Waals surface area contributed by atoms with E-state index in [0.717, 1.165) is 23.4 Å². The van der Waals surface area contributed by atoms with Gasteiger partial charge in [-0.3, -0.25) is 0 Å². The predicted octanol–water partition coefficient (Wildman–Crippen LogP) is 1.90. The highest BCUT2D eigenvalue weighted by atomic mass is 16.5. The van der Waals surface area contributed by atoms with E-state index in [2.05, 4.69) is 5.32 Å². The molecule has 5 heteroatoms. The van der Waals surface area contributed by atoms with Crippen molar-refractivity contribution in [2.45, 2.75) is 24.4 Å². The molecule has 0 saturated carbocycles. The van der Waals surface area contributed by atoms with Gasteiger partial charge in [0.05, 0.1) is 12.0 Å². The largest absolute Gasteiger partial charge is 0.380 e. The molecule has 3 rings (SSSR count). The van der Waals surface area contributed by atoms with Gasteiger partial charge in [0, 0.05) is 25.9 Å². The molecule has 5 nitrogen and oxygen atoms in total. The van der Waals surface area contributed by atoms with Crippen LogP contribution in [0.25, 0.3) is 0 Å². The van der Waals surface area contributed by atoms with Crippen molar-refractivity contribution in [1.29, 1.82) is 0 Å². The molecule has 0 radical (unpaired) electrons. The molecule has 0 amide bonds. The third kappa shape index (κ3) is 3.41. The molecule has 0 saturated heterocycles. The predicted molar refractivity (Wildman–Crippen MR) is 98.6 cm³/mol. The monoisotopic (exact) mass is 342 g/mol. The number of nitrogens with one attached hydrogen (secondary N) is 1. The summed E-state index contributed by atoms with van der Waals surface area (Å²) in [7, 11) is 3.56. The SMILES string of the molecule is CNC[C@H](CCN1c2ccccc2C(c2ccccc2)C1(O)O)OC. The number of hydrogen-bond acceptors (Lipinski definition) is 5. The van der Waals surface area contributed by atoms with Crippen LogP contribution in [0.4, 0.5) is 5.69 Å². The number of benzene rings is 2. The number of para-hydroxylation sites is 1. The summed E-state index contributed by atoms with van der Waals surface area (Å²) in [4.78, 5) is 1.68. The van der Waals surface area contributed by atoms with Crippen molar-refractivity contribution >= 4 is 5.69 Å². The molecule has 0 fully saturated rings. The van der Waals surface area contributed by atoms with Crippen molar-refractivity contribution in [3.8, 4) is 0 Å². The first kappa shape index (κ1) is 17.9. The molecule has 134 valence electrons. The Morgan fingerprint density at radius 1 is 1.12 bits per heavy atom. The van der Waals surface area contributed by atoms with Gasteiger partial charge in [0.25, 0.3) is 5.91 Å². The van der Waals surface area contributed by atoms with Crippen LogP contribution in [0.2, 0.25) is 0 Å². The van der Waals surface area contributed by atoms with Crippen molar-refractivity contribution in [2.75, 3.05) is 32.1 Å². The van der Waals surface area contributed by atoms with Crippen LogP contribution in [0.3, 0.4) is 0 Å². The third-order valence-corrected chi connectivity index (χ3v) is 4.90. The summed E-state index contributed by atoms with van der Waals surface area (Å²) in [6.07, 6.45) is 0.708. The number of likely N-dealkylation sites (N-methyl/N-ethyl adjacent to an activating group) is 1. The Morgan fingerprint density at radius 3 is 2.48 bits per heavy atom. The molecule has 2 atom stereocenters. The number of methoxy groups -OCH3 is 1. The number of aliphatic hydroxyl groups is 2. The van der Waals surface area contributed by atoms with Crippen molar-refractivity contribution in [2.24, 2.45) is 0 Å². The molecule has 1 aliphatic heterocycles. The highest BCUT2D eigenvalue weighted by molar-refractivity contribution is 5.65. The first-order valence-corrected chi connectivity index (χ1v) is 8.63. The number of hydrogen-bond donors (Lipinski definition) is 3. The maximum Gasteiger partial charge on any atom is 0.258 e. The number of anilines is 1. The number of ether oxygens (including phenoxy) is 1. The summed E-state index contributed by atoms with van der Waals surface area (Å²) in [5, 5.41) is 25.2. The van der Waals surface area contributed by atoms with Gasteiger partial charge in [-0.05, 0) is 30.7 Å². The van der Waals surface area contributed by atoms with Crippen LogP contribution in [0, 0.1) is 0 Å². The van der Waals surface area contributed by atoms with Gasteiger partial charge in [-0.25, -0.2) is 0 Å². The van der Waals surface area contributed by atoms with Gasteiger partial charge in [-0.1, -0.05) is 48.5 Å². The fraction of sp³-hybridized carbons (Fsp3) is 0.400. The van der Waals surface area contributed by atoms with E-state index in [-0.39, 0.29) is 6.10 Å². The summed E-state index contributed by atoms with van der Waals surface area (Å²) in [5.41, 5.74) is 2.68. The van der Waals surface area contributed by atoms with Crippen LogP contribution in [-0.2, 0) is 4.74 Å². The highest BCUT2D eigenvalue weighted by Crippen LogP contribution is 2.48. The van der Waals surface area contributed by atoms with E-state index in [9.17, 15) is 10.2 Å². The van der Waals surface area contributed by atoms with E-state index in [1.54, 1.807) is 12.0 Å². The second-order valence-corrected chi connectivity index (χ2v) is 6.45. The average Bonchev–Trinajstić information content (AvgIpc) is 2.85. The standard InChI is InChI=1S/C20H26N2O3/c1-21-14-16(25-2)12-13-22-18-11-7-6-10-17(18)19(20(22,23)24)15-8-4-3-5-9-15/h3-11,16,19,21,23-24H,12-14H2,1-2H3/t16-,19?/m0/s1. The van der Waals surface area contributed by atoms with Crippen LogP contribution in [0.5, 0.6) is 0 Å². The summed E-state index contributed by atoms with van der Waals surface area (Å²) >= 11 is 0. The maximum absolute atomic E-state index is 11.0. The van der Waals surface area contributed by atoms with E-state index >= 15 is 0 Å². The van der Waals surface area contributed by atoms with Gasteiger partial charge in [0.15, 0.2) is 0 Å². The Bertz CT molecular complexity index is 690. The molecule has 0 bridgehead atoms. The smallest absolute Gasteiger partial charge is 0.258 e. The van der Waals surface area contributed by atoms with Crippen LogP contribution in [0.15, 0.2) is 54.6 Å². The summed E-state index contributed by atoms with van der Waals surface area (Å²) in [5.74, 6) is -2.47.